The minimum atomic E-state index is -0.808. The molecular weight excluding hydrogens is 313 g/mol. The molecule has 24 heavy (non-hydrogen) atoms. The zero-order valence-electron chi connectivity index (χ0n) is 16.8. The fourth-order valence-corrected chi connectivity index (χ4v) is 6.85. The van der Waals surface area contributed by atoms with Crippen molar-refractivity contribution in [3.05, 3.63) is 0 Å². The number of hydrogen-bond acceptors (Lipinski definition) is 3. The molecule has 0 aromatic heterocycles. The predicted octanol–water partition coefficient (Wildman–Crippen LogP) is 6.26. The summed E-state index contributed by atoms with van der Waals surface area (Å²) >= 11 is 0. The van der Waals surface area contributed by atoms with E-state index in [9.17, 15) is 0 Å². The van der Waals surface area contributed by atoms with Crippen molar-refractivity contribution in [3.63, 3.8) is 0 Å². The second-order valence-corrected chi connectivity index (χ2v) is 12.5. The second-order valence-electron chi connectivity index (χ2n) is 6.84. The van der Waals surface area contributed by atoms with Crippen LogP contribution >= 0.6 is 7.26 Å². The van der Waals surface area contributed by atoms with Gasteiger partial charge in [0.05, 0.1) is 0 Å². The monoisotopic (exact) mass is 355 g/mol. The molecule has 0 heterocycles. The molecule has 0 rings (SSSR count). The Labute approximate surface area is 152 Å². The maximum Gasteiger partial charge on any atom is 0.190 e. The molecule has 0 atom stereocenters. The van der Waals surface area contributed by atoms with Gasteiger partial charge in [-0.25, -0.2) is 5.32 Å². The van der Waals surface area contributed by atoms with Gasteiger partial charge < -0.3 is 0 Å². The molecule has 3 nitrogen and oxygen atoms in total. The van der Waals surface area contributed by atoms with Gasteiger partial charge in [0.2, 0.25) is 0 Å². The molecule has 0 fully saturated rings. The maximum atomic E-state index is 7.48. The van der Waals surface area contributed by atoms with Gasteiger partial charge in [-0.15, -0.1) is 0 Å². The molecule has 0 bridgehead atoms. The number of nitrogens with one attached hydrogen (secondary N) is 1. The summed E-state index contributed by atoms with van der Waals surface area (Å²) in [5.74, 6) is 0. The molecule has 0 radical (unpaired) electrons. The summed E-state index contributed by atoms with van der Waals surface area (Å²) in [6.45, 7) is 9.62. The fourth-order valence-electron chi connectivity index (χ4n) is 3.29. The van der Waals surface area contributed by atoms with Gasteiger partial charge in [0.1, 0.15) is 0 Å². The first kappa shape index (κ1) is 25.5. The number of hydrogen-bond donors (Lipinski definition) is 1. The maximum absolute atomic E-state index is 7.48. The molecule has 0 saturated heterocycles. The molecule has 0 spiro atoms. The summed E-state index contributed by atoms with van der Waals surface area (Å²) in [4.78, 5) is 0. The van der Waals surface area contributed by atoms with Crippen LogP contribution in [0.25, 0.3) is 0 Å². The molecule has 0 saturated carbocycles. The van der Waals surface area contributed by atoms with Crippen LogP contribution in [0.2, 0.25) is 0 Å². The van der Waals surface area contributed by atoms with Crippen LogP contribution in [-0.4, -0.2) is 24.6 Å². The van der Waals surface area contributed by atoms with E-state index in [1.54, 1.807) is 11.5 Å². The largest absolute Gasteiger partial charge is 0.229 e. The van der Waals surface area contributed by atoms with Crippen LogP contribution in [0.3, 0.4) is 0 Å². The Morgan fingerprint density at radius 1 is 0.625 bits per heavy atom. The van der Waals surface area contributed by atoms with Crippen LogP contribution in [0.15, 0.2) is 0 Å². The minimum Gasteiger partial charge on any atom is -0.229 e. The standard InChI is InChI=1S/C18H41P.C2HN3/c1-5-9-10-11-12-13-14-15-16-17-18-19(6-2,7-3)8-4;3-1-5-2-4/h19H,5-18H2,1-4H3;5H. The van der Waals surface area contributed by atoms with Crippen molar-refractivity contribution in [2.24, 2.45) is 0 Å². The average Bonchev–Trinajstić information content (AvgIpc) is 2.62. The third kappa shape index (κ3) is 16.1. The van der Waals surface area contributed by atoms with E-state index >= 15 is 0 Å². The summed E-state index contributed by atoms with van der Waals surface area (Å²) in [6, 6.07) is 0. The molecule has 0 aliphatic heterocycles. The van der Waals surface area contributed by atoms with Gasteiger partial charge in [0, 0.05) is 0 Å². The van der Waals surface area contributed by atoms with E-state index in [-0.39, 0.29) is 0 Å². The summed E-state index contributed by atoms with van der Waals surface area (Å²) < 4.78 is 0. The van der Waals surface area contributed by atoms with Crippen LogP contribution < -0.4 is 5.32 Å². The van der Waals surface area contributed by atoms with Gasteiger partial charge in [-0.05, 0) is 0 Å². The van der Waals surface area contributed by atoms with Gasteiger partial charge in [-0.3, -0.25) is 0 Å². The smallest absolute Gasteiger partial charge is 0.190 e. The first-order chi connectivity index (χ1) is 11.7. The van der Waals surface area contributed by atoms with Gasteiger partial charge >= 0.3 is 124 Å². The molecule has 0 aliphatic rings. The molecule has 0 amide bonds. The van der Waals surface area contributed by atoms with Crippen molar-refractivity contribution in [2.45, 2.75) is 91.9 Å². The number of rotatable bonds is 14. The minimum absolute atomic E-state index is 0.808. The molecule has 4 heteroatoms. The second kappa shape index (κ2) is 20.3. The number of unbranched alkanes of at least 4 members (excludes halogenated alkanes) is 9. The topological polar surface area (TPSA) is 59.6 Å². The number of nitrogens with zero attached hydrogens (tertiary/aromatic N) is 2. The van der Waals surface area contributed by atoms with Crippen molar-refractivity contribution < 1.29 is 0 Å². The molecule has 0 unspecified atom stereocenters. The van der Waals surface area contributed by atoms with Crippen LogP contribution in [0.4, 0.5) is 0 Å². The number of nitriles is 2. The van der Waals surface area contributed by atoms with Gasteiger partial charge in [-0.2, -0.15) is 10.5 Å². The van der Waals surface area contributed by atoms with E-state index in [0.29, 0.717) is 0 Å². The summed E-state index contributed by atoms with van der Waals surface area (Å²) in [6.07, 6.45) is 23.7. The SMILES string of the molecule is CCCCCCCCCCCC[PH](CC)(CC)CC.N#CNC#N. The Hall–Kier alpha value is -0.790. The fraction of sp³-hybridized carbons (Fsp3) is 0.900. The summed E-state index contributed by atoms with van der Waals surface area (Å²) in [7, 11) is -0.808. The molecule has 142 valence electrons. The molecule has 1 N–H and O–H groups in total. The van der Waals surface area contributed by atoms with Crippen molar-refractivity contribution in [1.29, 1.82) is 10.5 Å². The van der Waals surface area contributed by atoms with E-state index in [2.05, 4.69) is 27.7 Å². The molecule has 0 aromatic carbocycles. The van der Waals surface area contributed by atoms with Crippen LogP contribution in [0.1, 0.15) is 91.9 Å². The summed E-state index contributed by atoms with van der Waals surface area (Å²) in [5.41, 5.74) is 0. The Bertz CT molecular complexity index is 306. The van der Waals surface area contributed by atoms with Crippen LogP contribution in [0.5, 0.6) is 0 Å². The first-order valence-electron chi connectivity index (χ1n) is 10.2. The summed E-state index contributed by atoms with van der Waals surface area (Å²) in [5, 5.41) is 16.7. The van der Waals surface area contributed by atoms with E-state index in [1.165, 1.54) is 95.1 Å². The van der Waals surface area contributed by atoms with Crippen molar-refractivity contribution >= 4 is 7.26 Å². The normalized spacial score (nSPS) is 10.9. The van der Waals surface area contributed by atoms with Crippen molar-refractivity contribution in [1.82, 2.24) is 5.32 Å². The zero-order valence-corrected chi connectivity index (χ0v) is 17.8. The quantitative estimate of drug-likeness (QED) is 0.173. The molecule has 0 aliphatic carbocycles. The van der Waals surface area contributed by atoms with Gasteiger partial charge in [0.15, 0.2) is 12.4 Å². The third-order valence-corrected chi connectivity index (χ3v) is 11.3. The Morgan fingerprint density at radius 3 is 1.29 bits per heavy atom. The van der Waals surface area contributed by atoms with E-state index < -0.39 is 7.26 Å². The Morgan fingerprint density at radius 2 is 1.00 bits per heavy atom. The third-order valence-electron chi connectivity index (χ3n) is 5.42. The molecule has 0 aromatic rings. The van der Waals surface area contributed by atoms with Crippen molar-refractivity contribution in [3.8, 4) is 12.4 Å². The van der Waals surface area contributed by atoms with Gasteiger partial charge in [0.25, 0.3) is 0 Å². The molecular formula is C20H42N3P. The van der Waals surface area contributed by atoms with E-state index in [1.807, 2.05) is 0 Å². The first-order valence-corrected chi connectivity index (χ1v) is 13.0. The van der Waals surface area contributed by atoms with Gasteiger partial charge in [-0.1, -0.05) is 0 Å². The van der Waals surface area contributed by atoms with E-state index in [4.69, 9.17) is 10.5 Å². The Kier molecular flexibility index (Phi) is 21.5. The Balaban J connectivity index is 0. The average molecular weight is 356 g/mol. The van der Waals surface area contributed by atoms with E-state index in [0.717, 1.165) is 0 Å². The van der Waals surface area contributed by atoms with Crippen LogP contribution in [0, 0.1) is 22.9 Å². The predicted molar refractivity (Wildman–Crippen MR) is 111 cm³/mol. The van der Waals surface area contributed by atoms with Crippen molar-refractivity contribution in [2.75, 3.05) is 24.6 Å². The zero-order chi connectivity index (χ0) is 18.5. The van der Waals surface area contributed by atoms with Crippen LogP contribution in [-0.2, 0) is 0 Å².